The van der Waals surface area contributed by atoms with Gasteiger partial charge in [-0.15, -0.1) is 0 Å². The van der Waals surface area contributed by atoms with Crippen molar-refractivity contribution in [2.45, 2.75) is 6.54 Å². The molecule has 3 aromatic heterocycles. The minimum Gasteiger partial charge on any atom is -0.264 e. The average molecular weight is 329 g/mol. The zero-order chi connectivity index (χ0) is 16.9. The van der Waals surface area contributed by atoms with Crippen LogP contribution in [0, 0.1) is 0 Å². The normalized spacial score (nSPS) is 11.2. The predicted octanol–water partition coefficient (Wildman–Crippen LogP) is 2.72. The van der Waals surface area contributed by atoms with Gasteiger partial charge in [-0.3, -0.25) is 10.4 Å². The molecule has 0 aliphatic rings. The fraction of sp³-hybridized carbons (Fsp3) is 0.0556. The zero-order valence-electron chi connectivity index (χ0n) is 13.3. The number of benzene rings is 1. The van der Waals surface area contributed by atoms with E-state index in [0.717, 1.165) is 22.2 Å². The minimum absolute atomic E-state index is 0.615. The van der Waals surface area contributed by atoms with E-state index >= 15 is 0 Å². The molecular weight excluding hydrogens is 314 g/mol. The van der Waals surface area contributed by atoms with Gasteiger partial charge in [-0.2, -0.15) is 10.2 Å². The van der Waals surface area contributed by atoms with Gasteiger partial charge in [-0.1, -0.05) is 36.4 Å². The van der Waals surface area contributed by atoms with Crippen LogP contribution in [-0.2, 0) is 6.54 Å². The first-order chi connectivity index (χ1) is 12.4. The smallest absolute Gasteiger partial charge is 0.163 e. The molecule has 3 heterocycles. The first kappa shape index (κ1) is 14.9. The predicted molar refractivity (Wildman–Crippen MR) is 96.3 cm³/mol. The number of anilines is 1. The standard InChI is InChI=1S/C18H15N7/c1-2-5-14(6-3-1)12-25-18-16(11-23-25)17(20-13-21-18)24-22-10-15-7-4-8-19-9-15/h1-11,13H,12H2,(H,20,21,24)/b22-10+. The third kappa shape index (κ3) is 3.35. The first-order valence-corrected chi connectivity index (χ1v) is 7.80. The van der Waals surface area contributed by atoms with Gasteiger partial charge in [0.15, 0.2) is 11.5 Å². The zero-order valence-corrected chi connectivity index (χ0v) is 13.3. The Morgan fingerprint density at radius 1 is 1.04 bits per heavy atom. The molecule has 7 heteroatoms. The van der Waals surface area contributed by atoms with E-state index in [-0.39, 0.29) is 0 Å². The van der Waals surface area contributed by atoms with Crippen molar-refractivity contribution in [3.05, 3.63) is 78.5 Å². The van der Waals surface area contributed by atoms with Crippen molar-refractivity contribution in [3.63, 3.8) is 0 Å². The van der Waals surface area contributed by atoms with Gasteiger partial charge < -0.3 is 0 Å². The van der Waals surface area contributed by atoms with Crippen molar-refractivity contribution in [3.8, 4) is 0 Å². The molecule has 0 aliphatic heterocycles. The van der Waals surface area contributed by atoms with Gasteiger partial charge in [0.2, 0.25) is 0 Å². The third-order valence-corrected chi connectivity index (χ3v) is 3.68. The summed E-state index contributed by atoms with van der Waals surface area (Å²) >= 11 is 0. The van der Waals surface area contributed by atoms with E-state index in [1.54, 1.807) is 24.8 Å². The van der Waals surface area contributed by atoms with Crippen LogP contribution >= 0.6 is 0 Å². The molecule has 0 unspecified atom stereocenters. The molecule has 0 saturated heterocycles. The van der Waals surface area contributed by atoms with Crippen molar-refractivity contribution in [1.29, 1.82) is 0 Å². The van der Waals surface area contributed by atoms with Crippen molar-refractivity contribution in [2.24, 2.45) is 5.10 Å². The summed E-state index contributed by atoms with van der Waals surface area (Å²) in [6.07, 6.45) is 8.40. The lowest BCUT2D eigenvalue weighted by atomic mass is 10.2. The van der Waals surface area contributed by atoms with Crippen LogP contribution in [0.3, 0.4) is 0 Å². The number of aromatic nitrogens is 5. The van der Waals surface area contributed by atoms with E-state index in [0.29, 0.717) is 12.4 Å². The monoisotopic (exact) mass is 329 g/mol. The van der Waals surface area contributed by atoms with E-state index in [2.05, 4.69) is 42.7 Å². The molecule has 0 amide bonds. The van der Waals surface area contributed by atoms with Crippen LogP contribution in [0.15, 0.2) is 72.5 Å². The number of nitrogens with zero attached hydrogens (tertiary/aromatic N) is 6. The lowest BCUT2D eigenvalue weighted by Crippen LogP contribution is -2.03. The Labute approximate surface area is 144 Å². The maximum atomic E-state index is 4.43. The Bertz CT molecular complexity index is 994. The van der Waals surface area contributed by atoms with E-state index in [4.69, 9.17) is 0 Å². The van der Waals surface area contributed by atoms with Crippen molar-refractivity contribution in [2.75, 3.05) is 5.43 Å². The number of fused-ring (bicyclic) bond motifs is 1. The summed E-state index contributed by atoms with van der Waals surface area (Å²) in [5, 5.41) is 9.46. The second-order valence-electron chi connectivity index (χ2n) is 5.40. The Kier molecular flexibility index (Phi) is 4.11. The first-order valence-electron chi connectivity index (χ1n) is 7.80. The largest absolute Gasteiger partial charge is 0.264 e. The number of rotatable bonds is 5. The SMILES string of the molecule is C(=N\Nc1ncnc2c1cnn2Cc1ccccc1)/c1cccnc1. The molecular formula is C18H15N7. The van der Waals surface area contributed by atoms with E-state index in [1.165, 1.54) is 6.33 Å². The molecule has 0 atom stereocenters. The summed E-state index contributed by atoms with van der Waals surface area (Å²) in [5.74, 6) is 0.615. The number of hydrazone groups is 1. The van der Waals surface area contributed by atoms with Gasteiger partial charge in [-0.05, 0) is 11.6 Å². The van der Waals surface area contributed by atoms with Gasteiger partial charge in [-0.25, -0.2) is 14.6 Å². The summed E-state index contributed by atoms with van der Waals surface area (Å²) in [7, 11) is 0. The molecule has 0 radical (unpaired) electrons. The topological polar surface area (TPSA) is 80.9 Å². The average Bonchev–Trinajstić information content (AvgIpc) is 3.07. The molecule has 0 aliphatic carbocycles. The van der Waals surface area contributed by atoms with Crippen LogP contribution < -0.4 is 5.43 Å². The van der Waals surface area contributed by atoms with Gasteiger partial charge in [0, 0.05) is 18.0 Å². The number of pyridine rings is 1. The summed E-state index contributed by atoms with van der Waals surface area (Å²) in [4.78, 5) is 12.7. The third-order valence-electron chi connectivity index (χ3n) is 3.68. The Morgan fingerprint density at radius 3 is 2.80 bits per heavy atom. The van der Waals surface area contributed by atoms with Gasteiger partial charge in [0.05, 0.1) is 24.3 Å². The van der Waals surface area contributed by atoms with Crippen LogP contribution in [0.4, 0.5) is 5.82 Å². The maximum Gasteiger partial charge on any atom is 0.163 e. The van der Waals surface area contributed by atoms with E-state index in [9.17, 15) is 0 Å². The van der Waals surface area contributed by atoms with Crippen molar-refractivity contribution < 1.29 is 0 Å². The molecule has 25 heavy (non-hydrogen) atoms. The van der Waals surface area contributed by atoms with Crippen LogP contribution in [0.1, 0.15) is 11.1 Å². The van der Waals surface area contributed by atoms with Crippen LogP contribution in [0.5, 0.6) is 0 Å². The summed E-state index contributed by atoms with van der Waals surface area (Å²) in [6.45, 7) is 0.653. The second kappa shape index (κ2) is 6.88. The fourth-order valence-electron chi connectivity index (χ4n) is 2.47. The lowest BCUT2D eigenvalue weighted by molar-refractivity contribution is 0.704. The Morgan fingerprint density at radius 2 is 1.96 bits per heavy atom. The molecule has 7 nitrogen and oxygen atoms in total. The highest BCUT2D eigenvalue weighted by molar-refractivity contribution is 5.87. The highest BCUT2D eigenvalue weighted by Gasteiger charge is 2.09. The summed E-state index contributed by atoms with van der Waals surface area (Å²) in [5.41, 5.74) is 5.78. The summed E-state index contributed by atoms with van der Waals surface area (Å²) < 4.78 is 1.85. The number of nitrogens with one attached hydrogen (secondary N) is 1. The Balaban J connectivity index is 1.57. The molecule has 1 N–H and O–H groups in total. The highest BCUT2D eigenvalue weighted by Crippen LogP contribution is 2.19. The molecule has 0 bridgehead atoms. The van der Waals surface area contributed by atoms with Crippen LogP contribution in [-0.4, -0.2) is 30.9 Å². The quantitative estimate of drug-likeness (QED) is 0.450. The van der Waals surface area contributed by atoms with Gasteiger partial charge in [0.1, 0.15) is 6.33 Å². The highest BCUT2D eigenvalue weighted by atomic mass is 15.3. The molecule has 0 fully saturated rings. The van der Waals surface area contributed by atoms with Crippen LogP contribution in [0.2, 0.25) is 0 Å². The van der Waals surface area contributed by atoms with Gasteiger partial charge in [0.25, 0.3) is 0 Å². The van der Waals surface area contributed by atoms with E-state index < -0.39 is 0 Å². The fourth-order valence-corrected chi connectivity index (χ4v) is 2.47. The van der Waals surface area contributed by atoms with Crippen LogP contribution in [0.25, 0.3) is 11.0 Å². The van der Waals surface area contributed by atoms with Crippen molar-refractivity contribution in [1.82, 2.24) is 24.7 Å². The molecule has 0 spiro atoms. The number of hydrogen-bond acceptors (Lipinski definition) is 6. The molecule has 4 rings (SSSR count). The van der Waals surface area contributed by atoms with Gasteiger partial charge >= 0.3 is 0 Å². The molecule has 1 aromatic carbocycles. The molecule has 4 aromatic rings. The minimum atomic E-state index is 0.615. The molecule has 0 saturated carbocycles. The van der Waals surface area contributed by atoms with E-state index in [1.807, 2.05) is 35.0 Å². The molecule has 122 valence electrons. The summed E-state index contributed by atoms with van der Waals surface area (Å²) in [6, 6.07) is 13.9. The second-order valence-corrected chi connectivity index (χ2v) is 5.40. The lowest BCUT2D eigenvalue weighted by Gasteiger charge is -2.04. The number of hydrogen-bond donors (Lipinski definition) is 1. The maximum absolute atomic E-state index is 4.43. The van der Waals surface area contributed by atoms with Crippen molar-refractivity contribution >= 4 is 23.1 Å². The Hall–Kier alpha value is -3.61.